The summed E-state index contributed by atoms with van der Waals surface area (Å²) in [5.41, 5.74) is 1.53. The van der Waals surface area contributed by atoms with Crippen LogP contribution >= 0.6 is 0 Å². The van der Waals surface area contributed by atoms with Crippen LogP contribution in [0.2, 0.25) is 0 Å². The standard InChI is InChI=1S/C22H23N3O2/c26-22(20-9-8-17-5-1-2-6-19(17)15-20)23-16-24-13-10-18(11-14-24)21-7-3-4-12-25(21)27/h1-9,12,15,18H,10-11,13-14,16H2,(H,23,26). The molecule has 2 aromatic carbocycles. The second-order valence-electron chi connectivity index (χ2n) is 7.07. The average molecular weight is 361 g/mol. The van der Waals surface area contributed by atoms with Gasteiger partial charge in [-0.05, 0) is 35.7 Å². The molecule has 1 N–H and O–H groups in total. The summed E-state index contributed by atoms with van der Waals surface area (Å²) in [7, 11) is 0. The molecule has 0 unspecified atom stereocenters. The Balaban J connectivity index is 1.31. The lowest BCUT2D eigenvalue weighted by molar-refractivity contribution is -0.616. The molecule has 1 aromatic heterocycles. The number of nitrogens with one attached hydrogen (secondary N) is 1. The molecule has 138 valence electrons. The lowest BCUT2D eigenvalue weighted by atomic mass is 9.93. The fourth-order valence-corrected chi connectivity index (χ4v) is 3.76. The van der Waals surface area contributed by atoms with Gasteiger partial charge in [0.2, 0.25) is 0 Å². The van der Waals surface area contributed by atoms with E-state index in [9.17, 15) is 10.0 Å². The lowest BCUT2D eigenvalue weighted by Crippen LogP contribution is -2.43. The van der Waals surface area contributed by atoms with Gasteiger partial charge < -0.3 is 10.5 Å². The Bertz CT molecular complexity index is 949. The van der Waals surface area contributed by atoms with Crippen LogP contribution in [0.4, 0.5) is 0 Å². The molecule has 0 atom stereocenters. The van der Waals surface area contributed by atoms with Crippen molar-refractivity contribution < 1.29 is 9.52 Å². The molecule has 0 spiro atoms. The van der Waals surface area contributed by atoms with Crippen molar-refractivity contribution in [1.82, 2.24) is 10.2 Å². The second kappa shape index (κ2) is 7.76. The molecule has 27 heavy (non-hydrogen) atoms. The predicted molar refractivity (Wildman–Crippen MR) is 105 cm³/mol. The number of nitrogens with zero attached hydrogens (tertiary/aromatic N) is 2. The van der Waals surface area contributed by atoms with Crippen molar-refractivity contribution in [1.29, 1.82) is 0 Å². The summed E-state index contributed by atoms with van der Waals surface area (Å²) in [6, 6.07) is 19.4. The monoisotopic (exact) mass is 361 g/mol. The second-order valence-corrected chi connectivity index (χ2v) is 7.07. The zero-order valence-corrected chi connectivity index (χ0v) is 15.2. The van der Waals surface area contributed by atoms with Gasteiger partial charge in [0.15, 0.2) is 11.9 Å². The first-order valence-corrected chi connectivity index (χ1v) is 9.38. The van der Waals surface area contributed by atoms with Gasteiger partial charge in [0.05, 0.1) is 6.67 Å². The van der Waals surface area contributed by atoms with Crippen LogP contribution in [0.1, 0.15) is 34.8 Å². The molecule has 4 rings (SSSR count). The normalized spacial score (nSPS) is 15.7. The van der Waals surface area contributed by atoms with Gasteiger partial charge >= 0.3 is 0 Å². The lowest BCUT2D eigenvalue weighted by Gasteiger charge is -2.31. The number of carbonyl (C=O) groups is 1. The Morgan fingerprint density at radius 1 is 1.04 bits per heavy atom. The third-order valence-electron chi connectivity index (χ3n) is 5.33. The van der Waals surface area contributed by atoms with Crippen molar-refractivity contribution in [2.45, 2.75) is 18.8 Å². The zero-order valence-electron chi connectivity index (χ0n) is 15.2. The number of fused-ring (bicyclic) bond motifs is 1. The number of rotatable bonds is 4. The highest BCUT2D eigenvalue weighted by molar-refractivity contribution is 5.98. The van der Waals surface area contributed by atoms with Crippen LogP contribution < -0.4 is 10.0 Å². The van der Waals surface area contributed by atoms with Crippen LogP contribution in [-0.2, 0) is 0 Å². The molecule has 1 saturated heterocycles. The van der Waals surface area contributed by atoms with Gasteiger partial charge in [-0.25, -0.2) is 0 Å². The zero-order chi connectivity index (χ0) is 18.6. The highest BCUT2D eigenvalue weighted by Crippen LogP contribution is 2.25. The van der Waals surface area contributed by atoms with Gasteiger partial charge in [0.1, 0.15) is 0 Å². The number of hydrogen-bond acceptors (Lipinski definition) is 3. The largest absolute Gasteiger partial charge is 0.618 e. The Kier molecular flexibility index (Phi) is 5.03. The Morgan fingerprint density at radius 2 is 1.78 bits per heavy atom. The number of hydrogen-bond donors (Lipinski definition) is 1. The summed E-state index contributed by atoms with van der Waals surface area (Å²) < 4.78 is 0.974. The number of carbonyl (C=O) groups excluding carboxylic acids is 1. The molecule has 1 amide bonds. The topological polar surface area (TPSA) is 59.3 Å². The van der Waals surface area contributed by atoms with Gasteiger partial charge in [-0.3, -0.25) is 9.69 Å². The highest BCUT2D eigenvalue weighted by atomic mass is 16.5. The number of aromatic nitrogens is 1. The average Bonchev–Trinajstić information content (AvgIpc) is 2.72. The first kappa shape index (κ1) is 17.5. The van der Waals surface area contributed by atoms with Gasteiger partial charge in [0.25, 0.3) is 5.91 Å². The maximum atomic E-state index is 12.5. The number of piperidine rings is 1. The Hall–Kier alpha value is -2.92. The van der Waals surface area contributed by atoms with Crippen LogP contribution in [0.3, 0.4) is 0 Å². The summed E-state index contributed by atoms with van der Waals surface area (Å²) in [6.45, 7) is 2.28. The molecular formula is C22H23N3O2. The molecule has 1 aliphatic heterocycles. The minimum Gasteiger partial charge on any atom is -0.618 e. The number of amides is 1. The third-order valence-corrected chi connectivity index (χ3v) is 5.33. The fourth-order valence-electron chi connectivity index (χ4n) is 3.76. The van der Waals surface area contributed by atoms with E-state index < -0.39 is 0 Å². The molecule has 0 aliphatic carbocycles. The first-order chi connectivity index (χ1) is 13.2. The highest BCUT2D eigenvalue weighted by Gasteiger charge is 2.25. The van der Waals surface area contributed by atoms with E-state index in [1.54, 1.807) is 12.3 Å². The van der Waals surface area contributed by atoms with E-state index in [1.165, 1.54) is 0 Å². The van der Waals surface area contributed by atoms with E-state index in [0.29, 0.717) is 12.2 Å². The van der Waals surface area contributed by atoms with E-state index >= 15 is 0 Å². The first-order valence-electron chi connectivity index (χ1n) is 9.38. The Morgan fingerprint density at radius 3 is 2.56 bits per heavy atom. The van der Waals surface area contributed by atoms with Crippen molar-refractivity contribution in [2.24, 2.45) is 0 Å². The minimum atomic E-state index is -0.0525. The van der Waals surface area contributed by atoms with Crippen molar-refractivity contribution >= 4 is 16.7 Å². The molecular weight excluding hydrogens is 338 g/mol. The van der Waals surface area contributed by atoms with E-state index in [1.807, 2.05) is 54.6 Å². The summed E-state index contributed by atoms with van der Waals surface area (Å²) >= 11 is 0. The molecule has 0 bridgehead atoms. The molecule has 0 radical (unpaired) electrons. The summed E-state index contributed by atoms with van der Waals surface area (Å²) in [5, 5.41) is 17.1. The summed E-state index contributed by atoms with van der Waals surface area (Å²) in [6.07, 6.45) is 3.42. The molecule has 3 aromatic rings. The van der Waals surface area contributed by atoms with E-state index in [2.05, 4.69) is 10.2 Å². The maximum absolute atomic E-state index is 12.5. The van der Waals surface area contributed by atoms with Gasteiger partial charge in [-0.2, -0.15) is 4.73 Å². The number of likely N-dealkylation sites (tertiary alicyclic amines) is 1. The molecule has 5 heteroatoms. The SMILES string of the molecule is O=C(NCN1CCC(c2cccc[n+]2[O-])CC1)c1ccc2ccccc2c1. The summed E-state index contributed by atoms with van der Waals surface area (Å²) in [4.78, 5) is 14.7. The van der Waals surface area contributed by atoms with Gasteiger partial charge in [0, 0.05) is 36.7 Å². The minimum absolute atomic E-state index is 0.0525. The van der Waals surface area contributed by atoms with Crippen LogP contribution in [0.5, 0.6) is 0 Å². The molecule has 1 aliphatic rings. The predicted octanol–water partition coefficient (Wildman–Crippen LogP) is 3.04. The Labute approximate surface area is 158 Å². The van der Waals surface area contributed by atoms with Gasteiger partial charge in [-0.1, -0.05) is 36.4 Å². The quantitative estimate of drug-likeness (QED) is 0.574. The maximum Gasteiger partial charge on any atom is 0.252 e. The number of pyridine rings is 1. The van der Waals surface area contributed by atoms with Crippen LogP contribution in [0.25, 0.3) is 10.8 Å². The molecule has 0 saturated carbocycles. The van der Waals surface area contributed by atoms with E-state index in [-0.39, 0.29) is 11.8 Å². The summed E-state index contributed by atoms with van der Waals surface area (Å²) in [5.74, 6) is 0.236. The van der Waals surface area contributed by atoms with Crippen molar-refractivity contribution in [3.63, 3.8) is 0 Å². The van der Waals surface area contributed by atoms with E-state index in [0.717, 1.165) is 47.1 Å². The van der Waals surface area contributed by atoms with Crippen LogP contribution in [0, 0.1) is 5.21 Å². The van der Waals surface area contributed by atoms with E-state index in [4.69, 9.17) is 0 Å². The van der Waals surface area contributed by atoms with Crippen LogP contribution in [0.15, 0.2) is 66.9 Å². The smallest absolute Gasteiger partial charge is 0.252 e. The molecule has 1 fully saturated rings. The van der Waals surface area contributed by atoms with Crippen molar-refractivity contribution in [3.05, 3.63) is 83.3 Å². The van der Waals surface area contributed by atoms with Crippen molar-refractivity contribution in [3.8, 4) is 0 Å². The fraction of sp³-hybridized carbons (Fsp3) is 0.273. The number of benzene rings is 2. The third kappa shape index (κ3) is 3.93. The molecule has 5 nitrogen and oxygen atoms in total. The van der Waals surface area contributed by atoms with Crippen molar-refractivity contribution in [2.75, 3.05) is 19.8 Å². The van der Waals surface area contributed by atoms with Crippen LogP contribution in [-0.4, -0.2) is 30.6 Å². The molecule has 2 heterocycles. The van der Waals surface area contributed by atoms with Gasteiger partial charge in [-0.15, -0.1) is 0 Å².